The number of benzene rings is 1. The second kappa shape index (κ2) is 9.28. The van der Waals surface area contributed by atoms with E-state index in [9.17, 15) is 5.11 Å². The van der Waals surface area contributed by atoms with E-state index in [0.29, 0.717) is 18.5 Å². The number of aliphatic hydroxyl groups excluding tert-OH is 1. The highest BCUT2D eigenvalue weighted by atomic mass is 16.5. The Hall–Kier alpha value is -1.91. The van der Waals surface area contributed by atoms with Crippen molar-refractivity contribution in [3.63, 3.8) is 0 Å². The Morgan fingerprint density at radius 2 is 1.96 bits per heavy atom. The van der Waals surface area contributed by atoms with Crippen LogP contribution in [0.15, 0.2) is 48.7 Å². The number of aryl methyl sites for hydroxylation is 2. The van der Waals surface area contributed by atoms with Crippen molar-refractivity contribution in [1.29, 1.82) is 0 Å². The average Bonchev–Trinajstić information content (AvgIpc) is 2.58. The minimum atomic E-state index is -0.546. The Morgan fingerprint density at radius 3 is 2.70 bits per heavy atom. The van der Waals surface area contributed by atoms with Crippen LogP contribution in [0.4, 0.5) is 0 Å². The molecule has 2 aromatic rings. The summed E-state index contributed by atoms with van der Waals surface area (Å²) in [5.41, 5.74) is 2.32. The molecule has 0 aliphatic rings. The van der Waals surface area contributed by atoms with Gasteiger partial charge in [0.15, 0.2) is 0 Å². The topological polar surface area (TPSA) is 54.4 Å². The van der Waals surface area contributed by atoms with Gasteiger partial charge in [-0.25, -0.2) is 4.98 Å². The second-order valence-electron chi connectivity index (χ2n) is 5.92. The lowest BCUT2D eigenvalue weighted by Crippen LogP contribution is -2.36. The third-order valence-corrected chi connectivity index (χ3v) is 3.78. The monoisotopic (exact) mass is 314 g/mol. The quantitative estimate of drug-likeness (QED) is 0.747. The highest BCUT2D eigenvalue weighted by Gasteiger charge is 2.09. The normalized spacial score (nSPS) is 13.5. The number of pyridine rings is 1. The van der Waals surface area contributed by atoms with Gasteiger partial charge in [0.25, 0.3) is 0 Å². The van der Waals surface area contributed by atoms with Crippen molar-refractivity contribution in [3.8, 4) is 5.88 Å². The van der Waals surface area contributed by atoms with Gasteiger partial charge in [0.2, 0.25) is 5.88 Å². The molecule has 0 bridgehead atoms. The van der Waals surface area contributed by atoms with Crippen LogP contribution < -0.4 is 10.1 Å². The maximum Gasteiger partial charge on any atom is 0.216 e. The molecule has 2 N–H and O–H groups in total. The summed E-state index contributed by atoms with van der Waals surface area (Å²) in [4.78, 5) is 4.15. The second-order valence-corrected chi connectivity index (χ2v) is 5.92. The fraction of sp³-hybridized carbons (Fsp3) is 0.421. The molecule has 1 aromatic heterocycles. The van der Waals surface area contributed by atoms with E-state index in [4.69, 9.17) is 4.74 Å². The summed E-state index contributed by atoms with van der Waals surface area (Å²) in [6.07, 6.45) is 3.22. The largest absolute Gasteiger partial charge is 0.475 e. The van der Waals surface area contributed by atoms with E-state index in [2.05, 4.69) is 41.5 Å². The van der Waals surface area contributed by atoms with Crippen LogP contribution >= 0.6 is 0 Å². The van der Waals surface area contributed by atoms with Gasteiger partial charge in [0.1, 0.15) is 12.7 Å². The fourth-order valence-corrected chi connectivity index (χ4v) is 2.32. The molecule has 4 heteroatoms. The first-order chi connectivity index (χ1) is 11.1. The number of rotatable bonds is 9. The lowest BCUT2D eigenvalue weighted by atomic mass is 10.1. The summed E-state index contributed by atoms with van der Waals surface area (Å²) in [6.45, 7) is 4.84. The molecule has 2 rings (SSSR count). The van der Waals surface area contributed by atoms with Crippen molar-refractivity contribution in [3.05, 3.63) is 59.8 Å². The zero-order valence-corrected chi connectivity index (χ0v) is 13.9. The van der Waals surface area contributed by atoms with Crippen LogP contribution in [0.2, 0.25) is 0 Å². The Bertz CT molecular complexity index is 575. The number of nitrogens with one attached hydrogen (secondary N) is 1. The highest BCUT2D eigenvalue weighted by Crippen LogP contribution is 2.12. The molecule has 2 unspecified atom stereocenters. The third kappa shape index (κ3) is 6.38. The first-order valence-corrected chi connectivity index (χ1v) is 8.15. The van der Waals surface area contributed by atoms with Crippen LogP contribution in [0, 0.1) is 6.92 Å². The SMILES string of the molecule is Cc1cccnc1OCC(O)CNC(C)CCc1ccccc1. The molecule has 2 atom stereocenters. The van der Waals surface area contributed by atoms with Crippen LogP contribution in [0.5, 0.6) is 5.88 Å². The zero-order valence-electron chi connectivity index (χ0n) is 13.9. The van der Waals surface area contributed by atoms with E-state index in [1.807, 2.05) is 25.1 Å². The molecule has 0 aliphatic carbocycles. The van der Waals surface area contributed by atoms with E-state index in [0.717, 1.165) is 18.4 Å². The molecule has 0 saturated heterocycles. The van der Waals surface area contributed by atoms with Crippen LogP contribution in [0.25, 0.3) is 0 Å². The van der Waals surface area contributed by atoms with Crippen molar-refractivity contribution in [1.82, 2.24) is 10.3 Å². The Balaban J connectivity index is 1.63. The molecule has 1 aromatic carbocycles. The molecule has 0 radical (unpaired) electrons. The maximum atomic E-state index is 10.0. The fourth-order valence-electron chi connectivity index (χ4n) is 2.32. The van der Waals surface area contributed by atoms with Gasteiger partial charge in [-0.2, -0.15) is 0 Å². The summed E-state index contributed by atoms with van der Waals surface area (Å²) in [7, 11) is 0. The van der Waals surface area contributed by atoms with E-state index in [1.165, 1.54) is 5.56 Å². The molecule has 0 amide bonds. The molecule has 0 aliphatic heterocycles. The summed E-state index contributed by atoms with van der Waals surface area (Å²) in [5, 5.41) is 13.4. The van der Waals surface area contributed by atoms with Gasteiger partial charge < -0.3 is 15.2 Å². The number of ether oxygens (including phenoxy) is 1. The number of hydrogen-bond acceptors (Lipinski definition) is 4. The van der Waals surface area contributed by atoms with Crippen LogP contribution in [0.1, 0.15) is 24.5 Å². The summed E-state index contributed by atoms with van der Waals surface area (Å²) in [6, 6.07) is 14.6. The number of aliphatic hydroxyl groups is 1. The van der Waals surface area contributed by atoms with Crippen LogP contribution in [-0.4, -0.2) is 35.4 Å². The molecule has 1 heterocycles. The predicted molar refractivity (Wildman–Crippen MR) is 92.7 cm³/mol. The Kier molecular flexibility index (Phi) is 7.04. The van der Waals surface area contributed by atoms with Crippen molar-refractivity contribution in [2.45, 2.75) is 38.8 Å². The minimum Gasteiger partial charge on any atom is -0.475 e. The van der Waals surface area contributed by atoms with Gasteiger partial charge in [-0.05, 0) is 38.3 Å². The number of hydrogen-bond donors (Lipinski definition) is 2. The summed E-state index contributed by atoms with van der Waals surface area (Å²) in [5.74, 6) is 0.587. The summed E-state index contributed by atoms with van der Waals surface area (Å²) < 4.78 is 5.56. The van der Waals surface area contributed by atoms with Gasteiger partial charge in [-0.3, -0.25) is 0 Å². The molecule has 23 heavy (non-hydrogen) atoms. The van der Waals surface area contributed by atoms with Gasteiger partial charge in [-0.15, -0.1) is 0 Å². The van der Waals surface area contributed by atoms with Crippen molar-refractivity contribution in [2.24, 2.45) is 0 Å². The third-order valence-electron chi connectivity index (χ3n) is 3.78. The standard InChI is InChI=1S/C19H26N2O2/c1-15-7-6-12-20-19(15)23-14-18(22)13-21-16(2)10-11-17-8-4-3-5-9-17/h3-9,12,16,18,21-22H,10-11,13-14H2,1-2H3. The highest BCUT2D eigenvalue weighted by molar-refractivity contribution is 5.23. The number of aromatic nitrogens is 1. The van der Waals surface area contributed by atoms with Crippen molar-refractivity contribution < 1.29 is 9.84 Å². The summed E-state index contributed by atoms with van der Waals surface area (Å²) >= 11 is 0. The molecule has 4 nitrogen and oxygen atoms in total. The molecule has 124 valence electrons. The smallest absolute Gasteiger partial charge is 0.216 e. The van der Waals surface area contributed by atoms with E-state index in [-0.39, 0.29) is 6.61 Å². The molecule has 0 saturated carbocycles. The Morgan fingerprint density at radius 1 is 1.17 bits per heavy atom. The maximum absolute atomic E-state index is 10.0. The number of nitrogens with zero attached hydrogens (tertiary/aromatic N) is 1. The first-order valence-electron chi connectivity index (χ1n) is 8.15. The molecular formula is C19H26N2O2. The van der Waals surface area contributed by atoms with Gasteiger partial charge >= 0.3 is 0 Å². The molecular weight excluding hydrogens is 288 g/mol. The van der Waals surface area contributed by atoms with Gasteiger partial charge in [0.05, 0.1) is 0 Å². The lowest BCUT2D eigenvalue weighted by molar-refractivity contribution is 0.101. The van der Waals surface area contributed by atoms with Gasteiger partial charge in [0, 0.05) is 24.3 Å². The van der Waals surface area contributed by atoms with Crippen LogP contribution in [0.3, 0.4) is 0 Å². The Labute approximate surface area is 138 Å². The first kappa shape index (κ1) is 17.4. The molecule has 0 fully saturated rings. The average molecular weight is 314 g/mol. The van der Waals surface area contributed by atoms with Crippen LogP contribution in [-0.2, 0) is 6.42 Å². The minimum absolute atomic E-state index is 0.246. The predicted octanol–water partition coefficient (Wildman–Crippen LogP) is 2.74. The van der Waals surface area contributed by atoms with E-state index < -0.39 is 6.10 Å². The van der Waals surface area contributed by atoms with E-state index in [1.54, 1.807) is 6.20 Å². The lowest BCUT2D eigenvalue weighted by Gasteiger charge is -2.17. The van der Waals surface area contributed by atoms with Gasteiger partial charge in [-0.1, -0.05) is 36.4 Å². The van der Waals surface area contributed by atoms with E-state index >= 15 is 0 Å². The van der Waals surface area contributed by atoms with Crippen molar-refractivity contribution >= 4 is 0 Å². The zero-order chi connectivity index (χ0) is 16.5. The van der Waals surface area contributed by atoms with Crippen molar-refractivity contribution in [2.75, 3.05) is 13.2 Å². The molecule has 0 spiro atoms.